The van der Waals surface area contributed by atoms with Crippen LogP contribution in [0.1, 0.15) is 24.0 Å². The Morgan fingerprint density at radius 2 is 1.89 bits per heavy atom. The number of esters is 1. The highest BCUT2D eigenvalue weighted by atomic mass is 16.5. The first-order chi connectivity index (χ1) is 13.5. The van der Waals surface area contributed by atoms with Gasteiger partial charge in [-0.3, -0.25) is 14.7 Å². The lowest BCUT2D eigenvalue weighted by Gasteiger charge is -2.32. The van der Waals surface area contributed by atoms with E-state index in [1.165, 1.54) is 24.8 Å². The van der Waals surface area contributed by atoms with E-state index in [0.717, 1.165) is 38.0 Å². The first-order valence-corrected chi connectivity index (χ1v) is 9.40. The van der Waals surface area contributed by atoms with Crippen molar-refractivity contribution >= 4 is 12.0 Å². The van der Waals surface area contributed by atoms with Gasteiger partial charge in [0.25, 0.3) is 5.56 Å². The number of nitrogens with zero attached hydrogens (tertiary/aromatic N) is 2. The SMILES string of the molecule is COC(=O)/C=C/c1ccc(CN2CCC(Cn3ccc(=O)[nH]c3=O)CC2)cc1. The normalized spacial score (nSPS) is 15.8. The van der Waals surface area contributed by atoms with Crippen LogP contribution in [0.4, 0.5) is 0 Å². The lowest BCUT2D eigenvalue weighted by molar-refractivity contribution is -0.134. The second-order valence-electron chi connectivity index (χ2n) is 7.08. The van der Waals surface area contributed by atoms with Gasteiger partial charge in [0, 0.05) is 31.4 Å². The van der Waals surface area contributed by atoms with Gasteiger partial charge in [-0.1, -0.05) is 24.3 Å². The second-order valence-corrected chi connectivity index (χ2v) is 7.08. The third-order valence-corrected chi connectivity index (χ3v) is 5.06. The maximum Gasteiger partial charge on any atom is 0.330 e. The van der Waals surface area contributed by atoms with E-state index in [1.807, 2.05) is 12.1 Å². The van der Waals surface area contributed by atoms with Crippen molar-refractivity contribution in [1.29, 1.82) is 0 Å². The summed E-state index contributed by atoms with van der Waals surface area (Å²) in [6, 6.07) is 9.51. The standard InChI is InChI=1S/C21H25N3O4/c1-28-20(26)7-6-16-2-4-17(5-3-16)14-23-11-8-18(9-12-23)15-24-13-10-19(25)22-21(24)27/h2-7,10,13,18H,8-9,11-12,14-15H2,1H3,(H,22,25,27)/b7-6+. The lowest BCUT2D eigenvalue weighted by Crippen LogP contribution is -2.37. The van der Waals surface area contributed by atoms with E-state index in [2.05, 4.69) is 26.8 Å². The van der Waals surface area contributed by atoms with Crippen molar-refractivity contribution in [1.82, 2.24) is 14.5 Å². The molecule has 1 aromatic heterocycles. The number of benzene rings is 1. The first kappa shape index (κ1) is 19.8. The maximum atomic E-state index is 11.8. The molecule has 1 aliphatic heterocycles. The van der Waals surface area contributed by atoms with Crippen LogP contribution < -0.4 is 11.2 Å². The molecule has 0 radical (unpaired) electrons. The molecule has 0 amide bonds. The number of aromatic amines is 1. The van der Waals surface area contributed by atoms with E-state index < -0.39 is 0 Å². The molecule has 2 heterocycles. The lowest BCUT2D eigenvalue weighted by atomic mass is 9.96. The average Bonchev–Trinajstić information content (AvgIpc) is 2.70. The average molecular weight is 383 g/mol. The third kappa shape index (κ3) is 5.53. The number of piperidine rings is 1. The molecule has 1 saturated heterocycles. The van der Waals surface area contributed by atoms with Crippen molar-refractivity contribution in [3.63, 3.8) is 0 Å². The fourth-order valence-electron chi connectivity index (χ4n) is 3.42. The van der Waals surface area contributed by atoms with Gasteiger partial charge in [-0.2, -0.15) is 0 Å². The van der Waals surface area contributed by atoms with Crippen molar-refractivity contribution in [2.24, 2.45) is 5.92 Å². The van der Waals surface area contributed by atoms with Crippen LogP contribution in [0, 0.1) is 5.92 Å². The van der Waals surface area contributed by atoms with Gasteiger partial charge in [0.1, 0.15) is 0 Å². The van der Waals surface area contributed by atoms with Gasteiger partial charge >= 0.3 is 11.7 Å². The number of ether oxygens (including phenoxy) is 1. The molecule has 7 heteroatoms. The van der Waals surface area contributed by atoms with Crippen molar-refractivity contribution in [3.8, 4) is 0 Å². The molecule has 0 unspecified atom stereocenters. The summed E-state index contributed by atoms with van der Waals surface area (Å²) in [7, 11) is 1.36. The summed E-state index contributed by atoms with van der Waals surface area (Å²) in [5, 5.41) is 0. The molecular formula is C21H25N3O4. The summed E-state index contributed by atoms with van der Waals surface area (Å²) < 4.78 is 6.17. The maximum absolute atomic E-state index is 11.8. The fraction of sp³-hybridized carbons (Fsp3) is 0.381. The van der Waals surface area contributed by atoms with Gasteiger partial charge in [-0.25, -0.2) is 9.59 Å². The van der Waals surface area contributed by atoms with E-state index in [-0.39, 0.29) is 17.2 Å². The molecular weight excluding hydrogens is 358 g/mol. The Balaban J connectivity index is 1.49. The number of methoxy groups -OCH3 is 1. The summed E-state index contributed by atoms with van der Waals surface area (Å²) in [5.74, 6) is 0.0711. The molecule has 0 saturated carbocycles. The molecule has 1 fully saturated rings. The number of likely N-dealkylation sites (tertiary alicyclic amines) is 1. The number of nitrogens with one attached hydrogen (secondary N) is 1. The number of hydrogen-bond donors (Lipinski definition) is 1. The zero-order valence-electron chi connectivity index (χ0n) is 16.0. The van der Waals surface area contributed by atoms with Crippen LogP contribution in [-0.4, -0.2) is 40.6 Å². The van der Waals surface area contributed by atoms with Crippen LogP contribution in [0.2, 0.25) is 0 Å². The van der Waals surface area contributed by atoms with Gasteiger partial charge < -0.3 is 9.30 Å². The molecule has 7 nitrogen and oxygen atoms in total. The minimum absolute atomic E-state index is 0.337. The van der Waals surface area contributed by atoms with E-state index in [1.54, 1.807) is 16.8 Å². The van der Waals surface area contributed by atoms with Crippen LogP contribution >= 0.6 is 0 Å². The summed E-state index contributed by atoms with van der Waals surface area (Å²) >= 11 is 0. The van der Waals surface area contributed by atoms with Gasteiger partial charge in [0.05, 0.1) is 7.11 Å². The number of aromatic nitrogens is 2. The number of carbonyl (C=O) groups excluding carboxylic acids is 1. The topological polar surface area (TPSA) is 84.4 Å². The molecule has 3 rings (SSSR count). The van der Waals surface area contributed by atoms with Gasteiger partial charge in [-0.15, -0.1) is 0 Å². The van der Waals surface area contributed by atoms with Crippen LogP contribution in [-0.2, 0) is 22.6 Å². The Labute approximate surface area is 163 Å². The molecule has 0 aliphatic carbocycles. The third-order valence-electron chi connectivity index (χ3n) is 5.06. The Bertz CT molecular complexity index is 935. The summed E-state index contributed by atoms with van der Waals surface area (Å²) in [5.41, 5.74) is 1.49. The Morgan fingerprint density at radius 3 is 2.54 bits per heavy atom. The highest BCUT2D eigenvalue weighted by Gasteiger charge is 2.20. The monoisotopic (exact) mass is 383 g/mol. The van der Waals surface area contributed by atoms with E-state index in [4.69, 9.17) is 0 Å². The first-order valence-electron chi connectivity index (χ1n) is 9.40. The quantitative estimate of drug-likeness (QED) is 0.606. The molecule has 28 heavy (non-hydrogen) atoms. The summed E-state index contributed by atoms with van der Waals surface area (Å²) in [6.45, 7) is 3.48. The number of carbonyl (C=O) groups is 1. The Hall–Kier alpha value is -2.93. The number of H-pyrrole nitrogens is 1. The van der Waals surface area contributed by atoms with Gasteiger partial charge in [0.15, 0.2) is 0 Å². The largest absolute Gasteiger partial charge is 0.466 e. The minimum Gasteiger partial charge on any atom is -0.466 e. The number of rotatable bonds is 6. The number of hydrogen-bond acceptors (Lipinski definition) is 5. The molecule has 0 spiro atoms. The van der Waals surface area contributed by atoms with E-state index >= 15 is 0 Å². The fourth-order valence-corrected chi connectivity index (χ4v) is 3.42. The highest BCUT2D eigenvalue weighted by Crippen LogP contribution is 2.20. The zero-order valence-corrected chi connectivity index (χ0v) is 16.0. The van der Waals surface area contributed by atoms with Crippen molar-refractivity contribution in [2.45, 2.75) is 25.9 Å². The molecule has 148 valence electrons. The predicted molar refractivity (Wildman–Crippen MR) is 107 cm³/mol. The van der Waals surface area contributed by atoms with Gasteiger partial charge in [0.2, 0.25) is 0 Å². The van der Waals surface area contributed by atoms with Crippen LogP contribution in [0.5, 0.6) is 0 Å². The van der Waals surface area contributed by atoms with Crippen LogP contribution in [0.25, 0.3) is 6.08 Å². The molecule has 0 atom stereocenters. The van der Waals surface area contributed by atoms with E-state index in [9.17, 15) is 14.4 Å². The predicted octanol–water partition coefficient (Wildman–Crippen LogP) is 1.63. The molecule has 2 aromatic rings. The Morgan fingerprint density at radius 1 is 1.18 bits per heavy atom. The van der Waals surface area contributed by atoms with Crippen LogP contribution in [0.15, 0.2) is 52.2 Å². The van der Waals surface area contributed by atoms with E-state index in [0.29, 0.717) is 12.5 Å². The molecule has 0 bridgehead atoms. The smallest absolute Gasteiger partial charge is 0.330 e. The summed E-state index contributed by atoms with van der Waals surface area (Å²) in [4.78, 5) is 38.8. The molecule has 1 aromatic carbocycles. The van der Waals surface area contributed by atoms with Crippen LogP contribution in [0.3, 0.4) is 0 Å². The van der Waals surface area contributed by atoms with Crippen molar-refractivity contribution in [3.05, 3.63) is 74.6 Å². The highest BCUT2D eigenvalue weighted by molar-refractivity contribution is 5.86. The van der Waals surface area contributed by atoms with Gasteiger partial charge in [-0.05, 0) is 49.1 Å². The van der Waals surface area contributed by atoms with Crippen molar-refractivity contribution < 1.29 is 9.53 Å². The minimum atomic E-state index is -0.365. The zero-order chi connectivity index (χ0) is 19.9. The van der Waals surface area contributed by atoms with Crippen molar-refractivity contribution in [2.75, 3.05) is 20.2 Å². The molecule has 1 N–H and O–H groups in total. The second kappa shape index (κ2) is 9.32. The molecule has 1 aliphatic rings. The Kier molecular flexibility index (Phi) is 6.60. The summed E-state index contributed by atoms with van der Waals surface area (Å²) in [6.07, 6.45) is 6.76.